The van der Waals surface area contributed by atoms with Gasteiger partial charge >= 0.3 is 5.97 Å². The predicted octanol–water partition coefficient (Wildman–Crippen LogP) is 0.305. The van der Waals surface area contributed by atoms with Gasteiger partial charge in [0.15, 0.2) is 6.29 Å². The Hall–Kier alpha value is -1.12. The van der Waals surface area contributed by atoms with E-state index in [0.717, 1.165) is 0 Å². The van der Waals surface area contributed by atoms with Crippen LogP contribution < -0.4 is 0 Å². The first kappa shape index (κ1) is 7.88. The fraction of sp³-hybridized carbons (Fsp3) is 0.333. The molecular formula is C6H8O3. The number of ether oxygens (including phenoxy) is 1. The lowest BCUT2D eigenvalue weighted by molar-refractivity contribution is -0.140. The standard InChI is InChI=1S/C6H8O3/c1-2-3-6(8)9-5-4-7/h2-4H,5H2,1H3. The van der Waals surface area contributed by atoms with Crippen LogP contribution in [0.25, 0.3) is 0 Å². The zero-order valence-electron chi connectivity index (χ0n) is 5.16. The minimum Gasteiger partial charge on any atom is -0.455 e. The number of carbonyl (C=O) groups is 2. The molecule has 0 saturated heterocycles. The lowest BCUT2D eigenvalue weighted by Crippen LogP contribution is -2.02. The SMILES string of the molecule is CC=CC(=O)OCC=O. The van der Waals surface area contributed by atoms with Crippen molar-refractivity contribution in [3.05, 3.63) is 12.2 Å². The van der Waals surface area contributed by atoms with Gasteiger partial charge in [0.2, 0.25) is 0 Å². The van der Waals surface area contributed by atoms with Crippen LogP contribution in [0.5, 0.6) is 0 Å². The summed E-state index contributed by atoms with van der Waals surface area (Å²) >= 11 is 0. The van der Waals surface area contributed by atoms with Gasteiger partial charge in [0, 0.05) is 6.08 Å². The molecule has 0 radical (unpaired) electrons. The van der Waals surface area contributed by atoms with E-state index in [9.17, 15) is 9.59 Å². The molecule has 3 nitrogen and oxygen atoms in total. The third-order valence-corrected chi connectivity index (χ3v) is 0.596. The van der Waals surface area contributed by atoms with Crippen molar-refractivity contribution in [2.45, 2.75) is 6.92 Å². The highest BCUT2D eigenvalue weighted by Crippen LogP contribution is 1.77. The highest BCUT2D eigenvalue weighted by atomic mass is 16.5. The van der Waals surface area contributed by atoms with Gasteiger partial charge in [-0.25, -0.2) is 4.79 Å². The Kier molecular flexibility index (Phi) is 4.40. The summed E-state index contributed by atoms with van der Waals surface area (Å²) in [6.45, 7) is 1.53. The molecule has 0 heterocycles. The lowest BCUT2D eigenvalue weighted by Gasteiger charge is -1.91. The molecule has 0 unspecified atom stereocenters. The molecule has 0 N–H and O–H groups in total. The summed E-state index contributed by atoms with van der Waals surface area (Å²) in [5, 5.41) is 0. The quantitative estimate of drug-likeness (QED) is 0.312. The van der Waals surface area contributed by atoms with E-state index in [2.05, 4.69) is 4.74 Å². The van der Waals surface area contributed by atoms with Crippen LogP contribution in [-0.2, 0) is 14.3 Å². The Morgan fingerprint density at radius 2 is 2.33 bits per heavy atom. The first-order valence-electron chi connectivity index (χ1n) is 2.54. The number of carbonyl (C=O) groups excluding carboxylic acids is 2. The Labute approximate surface area is 53.3 Å². The van der Waals surface area contributed by atoms with Crippen LogP contribution in [0.2, 0.25) is 0 Å². The van der Waals surface area contributed by atoms with Crippen molar-refractivity contribution in [1.29, 1.82) is 0 Å². The van der Waals surface area contributed by atoms with Crippen LogP contribution in [0.3, 0.4) is 0 Å². The van der Waals surface area contributed by atoms with Gasteiger partial charge in [-0.15, -0.1) is 0 Å². The van der Waals surface area contributed by atoms with E-state index in [-0.39, 0.29) is 6.61 Å². The van der Waals surface area contributed by atoms with Crippen molar-refractivity contribution in [1.82, 2.24) is 0 Å². The van der Waals surface area contributed by atoms with E-state index in [0.29, 0.717) is 6.29 Å². The summed E-state index contributed by atoms with van der Waals surface area (Å²) < 4.78 is 4.34. The number of hydrogen-bond acceptors (Lipinski definition) is 3. The Morgan fingerprint density at radius 3 is 2.78 bits per heavy atom. The van der Waals surface area contributed by atoms with Crippen LogP contribution in [0, 0.1) is 0 Å². The van der Waals surface area contributed by atoms with Crippen LogP contribution in [0.4, 0.5) is 0 Å². The van der Waals surface area contributed by atoms with Crippen LogP contribution in [0.1, 0.15) is 6.92 Å². The average Bonchev–Trinajstić information content (AvgIpc) is 1.85. The Morgan fingerprint density at radius 1 is 1.67 bits per heavy atom. The summed E-state index contributed by atoms with van der Waals surface area (Å²) in [6, 6.07) is 0. The molecule has 3 heteroatoms. The Balaban J connectivity index is 3.38. The third kappa shape index (κ3) is 4.74. The summed E-state index contributed by atoms with van der Waals surface area (Å²) in [5.41, 5.74) is 0. The summed E-state index contributed by atoms with van der Waals surface area (Å²) in [6.07, 6.45) is 3.33. The highest BCUT2D eigenvalue weighted by molar-refractivity contribution is 5.82. The van der Waals surface area contributed by atoms with Gasteiger partial charge in [0.05, 0.1) is 0 Å². The molecule has 0 fully saturated rings. The van der Waals surface area contributed by atoms with Crippen LogP contribution >= 0.6 is 0 Å². The van der Waals surface area contributed by atoms with Crippen molar-refractivity contribution in [2.24, 2.45) is 0 Å². The predicted molar refractivity (Wildman–Crippen MR) is 31.8 cm³/mol. The molecule has 0 aromatic heterocycles. The largest absolute Gasteiger partial charge is 0.455 e. The molecule has 9 heavy (non-hydrogen) atoms. The van der Waals surface area contributed by atoms with Crippen LogP contribution in [-0.4, -0.2) is 18.9 Å². The van der Waals surface area contributed by atoms with Crippen molar-refractivity contribution in [3.63, 3.8) is 0 Å². The van der Waals surface area contributed by atoms with Gasteiger partial charge in [0.25, 0.3) is 0 Å². The fourth-order valence-corrected chi connectivity index (χ4v) is 0.300. The highest BCUT2D eigenvalue weighted by Gasteiger charge is 1.91. The zero-order chi connectivity index (χ0) is 7.11. The average molecular weight is 128 g/mol. The number of hydrogen-bond donors (Lipinski definition) is 0. The molecule has 0 rings (SSSR count). The second kappa shape index (κ2) is 5.03. The maximum absolute atomic E-state index is 10.3. The molecule has 0 amide bonds. The second-order valence-corrected chi connectivity index (χ2v) is 1.30. The zero-order valence-corrected chi connectivity index (χ0v) is 5.16. The molecule has 0 bridgehead atoms. The minimum atomic E-state index is -0.482. The van der Waals surface area contributed by atoms with Gasteiger partial charge in [0.1, 0.15) is 6.61 Å². The summed E-state index contributed by atoms with van der Waals surface area (Å²) in [7, 11) is 0. The molecule has 0 atom stereocenters. The second-order valence-electron chi connectivity index (χ2n) is 1.30. The Bertz CT molecular complexity index is 126. The topological polar surface area (TPSA) is 43.4 Å². The third-order valence-electron chi connectivity index (χ3n) is 0.596. The lowest BCUT2D eigenvalue weighted by atomic mass is 10.5. The molecule has 50 valence electrons. The van der Waals surface area contributed by atoms with Gasteiger partial charge in [-0.3, -0.25) is 4.79 Å². The van der Waals surface area contributed by atoms with Gasteiger partial charge < -0.3 is 4.74 Å². The molecule has 0 aliphatic rings. The first-order chi connectivity index (χ1) is 4.31. The van der Waals surface area contributed by atoms with Gasteiger partial charge in [-0.05, 0) is 6.92 Å². The molecule has 0 aliphatic heterocycles. The van der Waals surface area contributed by atoms with E-state index in [1.54, 1.807) is 13.0 Å². The van der Waals surface area contributed by atoms with Crippen molar-refractivity contribution in [2.75, 3.05) is 6.61 Å². The number of rotatable bonds is 3. The smallest absolute Gasteiger partial charge is 0.330 e. The maximum atomic E-state index is 10.3. The minimum absolute atomic E-state index is 0.164. The monoisotopic (exact) mass is 128 g/mol. The molecule has 0 aromatic carbocycles. The summed E-state index contributed by atoms with van der Waals surface area (Å²) in [5.74, 6) is -0.482. The normalized spacial score (nSPS) is 9.44. The number of allylic oxidation sites excluding steroid dienone is 1. The molecular weight excluding hydrogens is 120 g/mol. The van der Waals surface area contributed by atoms with E-state index in [1.807, 2.05) is 0 Å². The van der Waals surface area contributed by atoms with Gasteiger partial charge in [-0.1, -0.05) is 6.08 Å². The molecule has 0 aliphatic carbocycles. The number of aldehydes is 1. The van der Waals surface area contributed by atoms with Gasteiger partial charge in [-0.2, -0.15) is 0 Å². The van der Waals surface area contributed by atoms with E-state index in [1.165, 1.54) is 6.08 Å². The molecule has 0 saturated carbocycles. The van der Waals surface area contributed by atoms with E-state index in [4.69, 9.17) is 0 Å². The first-order valence-corrected chi connectivity index (χ1v) is 2.54. The maximum Gasteiger partial charge on any atom is 0.330 e. The molecule has 0 spiro atoms. The van der Waals surface area contributed by atoms with Crippen molar-refractivity contribution >= 4 is 12.3 Å². The fourth-order valence-electron chi connectivity index (χ4n) is 0.300. The molecule has 0 aromatic rings. The summed E-state index contributed by atoms with van der Waals surface area (Å²) in [4.78, 5) is 19.9. The van der Waals surface area contributed by atoms with E-state index < -0.39 is 5.97 Å². The van der Waals surface area contributed by atoms with Crippen LogP contribution in [0.15, 0.2) is 12.2 Å². The van der Waals surface area contributed by atoms with E-state index >= 15 is 0 Å². The van der Waals surface area contributed by atoms with Crippen molar-refractivity contribution < 1.29 is 14.3 Å². The number of esters is 1. The van der Waals surface area contributed by atoms with Crippen molar-refractivity contribution in [3.8, 4) is 0 Å².